The second-order valence-corrected chi connectivity index (χ2v) is 5.05. The van der Waals surface area contributed by atoms with Crippen molar-refractivity contribution in [1.29, 1.82) is 0 Å². The topological polar surface area (TPSA) is 51.0 Å². The van der Waals surface area contributed by atoms with Crippen molar-refractivity contribution in [2.75, 3.05) is 5.32 Å². The number of hydrogen-bond donors (Lipinski definition) is 1. The molecule has 0 saturated heterocycles. The summed E-state index contributed by atoms with van der Waals surface area (Å²) in [7, 11) is 0. The summed E-state index contributed by atoms with van der Waals surface area (Å²) in [5.74, 6) is 0.697. The summed E-state index contributed by atoms with van der Waals surface area (Å²) in [4.78, 5) is 4.30. The third kappa shape index (κ3) is 3.59. The molecular formula is C13H17N3O. The minimum atomic E-state index is -0.0729. The molecule has 2 rings (SSSR count). The molecule has 0 aliphatic rings. The van der Waals surface area contributed by atoms with Gasteiger partial charge in [0, 0.05) is 12.0 Å². The fraction of sp³-hybridized carbons (Fsp3) is 0.385. The summed E-state index contributed by atoms with van der Waals surface area (Å²) in [5, 5.41) is 7.09. The van der Waals surface area contributed by atoms with Gasteiger partial charge in [0.25, 0.3) is 0 Å². The molecule has 4 heteroatoms. The lowest BCUT2D eigenvalue weighted by Gasteiger charge is -2.17. The van der Waals surface area contributed by atoms with Gasteiger partial charge in [0.2, 0.25) is 0 Å². The van der Waals surface area contributed by atoms with Crippen LogP contribution in [-0.4, -0.2) is 15.7 Å². The Balaban J connectivity index is 2.04. The molecule has 0 saturated carbocycles. The number of aromatic nitrogens is 2. The van der Waals surface area contributed by atoms with Gasteiger partial charge in [-0.1, -0.05) is 35.5 Å². The lowest BCUT2D eigenvalue weighted by atomic mass is 10.1. The van der Waals surface area contributed by atoms with E-state index in [-0.39, 0.29) is 5.54 Å². The zero-order chi connectivity index (χ0) is 12.3. The Morgan fingerprint density at radius 3 is 2.53 bits per heavy atom. The number of rotatable bonds is 3. The summed E-state index contributed by atoms with van der Waals surface area (Å²) in [6.07, 6.45) is 0.691. The van der Waals surface area contributed by atoms with Gasteiger partial charge in [0.1, 0.15) is 0 Å². The third-order valence-corrected chi connectivity index (χ3v) is 2.16. The second kappa shape index (κ2) is 4.57. The molecule has 0 radical (unpaired) electrons. The number of anilines is 1. The van der Waals surface area contributed by atoms with Crippen molar-refractivity contribution in [3.05, 3.63) is 41.7 Å². The molecule has 0 aliphatic heterocycles. The molecule has 0 spiro atoms. The van der Waals surface area contributed by atoms with E-state index in [1.807, 2.05) is 51.1 Å². The van der Waals surface area contributed by atoms with Crippen LogP contribution in [0.25, 0.3) is 0 Å². The molecule has 1 aromatic carbocycles. The zero-order valence-corrected chi connectivity index (χ0v) is 10.4. The van der Waals surface area contributed by atoms with Crippen molar-refractivity contribution in [2.45, 2.75) is 32.7 Å². The lowest BCUT2D eigenvalue weighted by Crippen LogP contribution is -2.26. The Hall–Kier alpha value is -1.84. The van der Waals surface area contributed by atoms with Crippen molar-refractivity contribution >= 4 is 6.01 Å². The molecule has 17 heavy (non-hydrogen) atoms. The van der Waals surface area contributed by atoms with Crippen LogP contribution in [0.4, 0.5) is 6.01 Å². The van der Waals surface area contributed by atoms with Crippen LogP contribution >= 0.6 is 0 Å². The molecule has 4 nitrogen and oxygen atoms in total. The van der Waals surface area contributed by atoms with E-state index < -0.39 is 0 Å². The van der Waals surface area contributed by atoms with Crippen LogP contribution < -0.4 is 5.32 Å². The van der Waals surface area contributed by atoms with Crippen molar-refractivity contribution in [3.63, 3.8) is 0 Å². The molecule has 1 heterocycles. The molecule has 0 amide bonds. The molecule has 2 aromatic rings. The minimum absolute atomic E-state index is 0.0729. The number of benzene rings is 1. The van der Waals surface area contributed by atoms with Crippen LogP contribution in [0.2, 0.25) is 0 Å². The summed E-state index contributed by atoms with van der Waals surface area (Å²) >= 11 is 0. The van der Waals surface area contributed by atoms with E-state index in [1.54, 1.807) is 0 Å². The zero-order valence-electron chi connectivity index (χ0n) is 10.4. The minimum Gasteiger partial charge on any atom is -0.333 e. The first kappa shape index (κ1) is 11.6. The van der Waals surface area contributed by atoms with Gasteiger partial charge >= 0.3 is 6.01 Å². The number of hydrogen-bond acceptors (Lipinski definition) is 4. The molecule has 1 N–H and O–H groups in total. The molecule has 0 unspecified atom stereocenters. The maximum absolute atomic E-state index is 5.14. The van der Waals surface area contributed by atoms with Crippen molar-refractivity contribution in [2.24, 2.45) is 0 Å². The highest BCUT2D eigenvalue weighted by atomic mass is 16.5. The van der Waals surface area contributed by atoms with Crippen LogP contribution in [-0.2, 0) is 6.42 Å². The number of nitrogens with zero attached hydrogens (tertiary/aromatic N) is 2. The van der Waals surface area contributed by atoms with Gasteiger partial charge in [-0.15, -0.1) is 0 Å². The summed E-state index contributed by atoms with van der Waals surface area (Å²) in [6, 6.07) is 10.6. The smallest absolute Gasteiger partial charge is 0.321 e. The maximum Gasteiger partial charge on any atom is 0.321 e. The van der Waals surface area contributed by atoms with Crippen LogP contribution in [0.3, 0.4) is 0 Å². The van der Waals surface area contributed by atoms with Gasteiger partial charge in [-0.25, -0.2) is 0 Å². The molecule has 1 aromatic heterocycles. The molecular weight excluding hydrogens is 214 g/mol. The van der Waals surface area contributed by atoms with Crippen LogP contribution in [0.5, 0.6) is 0 Å². The summed E-state index contributed by atoms with van der Waals surface area (Å²) in [5.41, 5.74) is 1.10. The van der Waals surface area contributed by atoms with Gasteiger partial charge < -0.3 is 9.84 Å². The predicted octanol–water partition coefficient (Wildman–Crippen LogP) is 2.87. The van der Waals surface area contributed by atoms with Crippen molar-refractivity contribution in [1.82, 2.24) is 10.1 Å². The fourth-order valence-electron chi connectivity index (χ4n) is 1.48. The SMILES string of the molecule is CC(C)(C)Nc1nc(Cc2ccccc2)no1. The highest BCUT2D eigenvalue weighted by Crippen LogP contribution is 2.13. The number of nitrogens with one attached hydrogen (secondary N) is 1. The van der Waals surface area contributed by atoms with E-state index in [0.717, 1.165) is 0 Å². The molecule has 0 aliphatic carbocycles. The van der Waals surface area contributed by atoms with Gasteiger partial charge in [-0.3, -0.25) is 0 Å². The highest BCUT2D eigenvalue weighted by Gasteiger charge is 2.14. The van der Waals surface area contributed by atoms with Crippen molar-refractivity contribution < 1.29 is 4.52 Å². The fourth-order valence-corrected chi connectivity index (χ4v) is 1.48. The average Bonchev–Trinajstić information content (AvgIpc) is 2.64. The maximum atomic E-state index is 5.14. The first-order valence-electron chi connectivity index (χ1n) is 5.68. The van der Waals surface area contributed by atoms with Gasteiger partial charge in [-0.05, 0) is 26.3 Å². The van der Waals surface area contributed by atoms with Crippen LogP contribution in [0, 0.1) is 0 Å². The molecule has 0 bridgehead atoms. The second-order valence-electron chi connectivity index (χ2n) is 5.05. The Morgan fingerprint density at radius 1 is 1.18 bits per heavy atom. The van der Waals surface area contributed by atoms with Gasteiger partial charge in [0.05, 0.1) is 0 Å². The Bertz CT molecular complexity index is 471. The Kier molecular flexibility index (Phi) is 3.13. The first-order chi connectivity index (χ1) is 8.03. The first-order valence-corrected chi connectivity index (χ1v) is 5.68. The monoisotopic (exact) mass is 231 g/mol. The van der Waals surface area contributed by atoms with Crippen LogP contribution in [0.1, 0.15) is 32.2 Å². The molecule has 0 atom stereocenters. The van der Waals surface area contributed by atoms with E-state index >= 15 is 0 Å². The molecule has 90 valence electrons. The molecule has 0 fully saturated rings. The highest BCUT2D eigenvalue weighted by molar-refractivity contribution is 5.25. The van der Waals surface area contributed by atoms with E-state index in [2.05, 4.69) is 15.5 Å². The summed E-state index contributed by atoms with van der Waals surface area (Å²) in [6.45, 7) is 6.15. The Morgan fingerprint density at radius 2 is 1.88 bits per heavy atom. The van der Waals surface area contributed by atoms with Crippen LogP contribution in [0.15, 0.2) is 34.9 Å². The lowest BCUT2D eigenvalue weighted by molar-refractivity contribution is 0.413. The van der Waals surface area contributed by atoms with Gasteiger partial charge in [-0.2, -0.15) is 4.98 Å². The van der Waals surface area contributed by atoms with Gasteiger partial charge in [0.15, 0.2) is 5.82 Å². The largest absolute Gasteiger partial charge is 0.333 e. The Labute approximate surface area is 101 Å². The van der Waals surface area contributed by atoms with E-state index in [4.69, 9.17) is 4.52 Å². The third-order valence-electron chi connectivity index (χ3n) is 2.16. The normalized spacial score (nSPS) is 11.5. The standard InChI is InChI=1S/C13H17N3O/c1-13(2,3)15-12-14-11(16-17-12)9-10-7-5-4-6-8-10/h4-8H,9H2,1-3H3,(H,14,15,16). The average molecular weight is 231 g/mol. The van der Waals surface area contributed by atoms with E-state index in [9.17, 15) is 0 Å². The van der Waals surface area contributed by atoms with E-state index in [0.29, 0.717) is 18.3 Å². The predicted molar refractivity (Wildman–Crippen MR) is 66.9 cm³/mol. The van der Waals surface area contributed by atoms with Crippen molar-refractivity contribution in [3.8, 4) is 0 Å². The van der Waals surface area contributed by atoms with E-state index in [1.165, 1.54) is 5.56 Å². The quantitative estimate of drug-likeness (QED) is 0.882. The summed E-state index contributed by atoms with van der Waals surface area (Å²) < 4.78 is 5.14.